The average Bonchev–Trinajstić information content (AvgIpc) is 2.85. The molecule has 1 fully saturated rings. The minimum absolute atomic E-state index is 0.0715. The van der Waals surface area contributed by atoms with Crippen molar-refractivity contribution < 1.29 is 14.4 Å². The highest BCUT2D eigenvalue weighted by Crippen LogP contribution is 2.14. The van der Waals surface area contributed by atoms with E-state index in [-0.39, 0.29) is 12.5 Å². The van der Waals surface area contributed by atoms with Crippen LogP contribution in [-0.2, 0) is 16.1 Å². The van der Waals surface area contributed by atoms with Crippen LogP contribution in [0.2, 0.25) is 0 Å². The van der Waals surface area contributed by atoms with Crippen molar-refractivity contribution in [1.82, 2.24) is 14.8 Å². The molecule has 1 atom stereocenters. The van der Waals surface area contributed by atoms with E-state index < -0.39 is 17.9 Å². The first-order valence-electron chi connectivity index (χ1n) is 6.38. The summed E-state index contributed by atoms with van der Waals surface area (Å²) in [5, 5.41) is 2.26. The number of piperazine rings is 1. The molecule has 1 aromatic rings. The van der Waals surface area contributed by atoms with Gasteiger partial charge in [-0.25, -0.2) is 0 Å². The lowest BCUT2D eigenvalue weighted by molar-refractivity contribution is -0.138. The Hall–Kier alpha value is -2.11. The van der Waals surface area contributed by atoms with Crippen molar-refractivity contribution in [1.29, 1.82) is 0 Å². The van der Waals surface area contributed by atoms with E-state index in [2.05, 4.69) is 5.32 Å². The van der Waals surface area contributed by atoms with Crippen LogP contribution in [0.3, 0.4) is 0 Å². The Morgan fingerprint density at radius 3 is 2.79 bits per heavy atom. The maximum atomic E-state index is 12.5. The summed E-state index contributed by atoms with van der Waals surface area (Å²) in [6.07, 6.45) is 2.29. The number of imide groups is 1. The molecule has 0 spiro atoms. The minimum Gasteiger partial charge on any atom is -0.344 e. The van der Waals surface area contributed by atoms with E-state index in [1.165, 1.54) is 4.90 Å². The quantitative estimate of drug-likeness (QED) is 0.802. The van der Waals surface area contributed by atoms with E-state index in [1.807, 2.05) is 13.8 Å². The number of aromatic nitrogens is 1. The van der Waals surface area contributed by atoms with Crippen LogP contribution >= 0.6 is 0 Å². The SMILES string of the molecule is CCC1C(=O)NC(=O)CN1C(=O)c1cccn1CC. The topological polar surface area (TPSA) is 71.4 Å². The molecule has 1 unspecified atom stereocenters. The molecule has 1 aliphatic heterocycles. The first kappa shape index (κ1) is 13.3. The van der Waals surface area contributed by atoms with Crippen molar-refractivity contribution in [3.8, 4) is 0 Å². The van der Waals surface area contributed by atoms with Crippen LogP contribution in [0.4, 0.5) is 0 Å². The van der Waals surface area contributed by atoms with Gasteiger partial charge in [-0.3, -0.25) is 19.7 Å². The first-order chi connectivity index (χ1) is 9.08. The van der Waals surface area contributed by atoms with Gasteiger partial charge < -0.3 is 9.47 Å². The van der Waals surface area contributed by atoms with Gasteiger partial charge in [0.2, 0.25) is 11.8 Å². The Morgan fingerprint density at radius 2 is 2.16 bits per heavy atom. The van der Waals surface area contributed by atoms with Crippen LogP contribution in [-0.4, -0.2) is 39.8 Å². The zero-order valence-corrected chi connectivity index (χ0v) is 11.0. The molecular weight excluding hydrogens is 246 g/mol. The molecule has 0 radical (unpaired) electrons. The largest absolute Gasteiger partial charge is 0.344 e. The van der Waals surface area contributed by atoms with Crippen molar-refractivity contribution in [2.24, 2.45) is 0 Å². The van der Waals surface area contributed by atoms with Crippen molar-refractivity contribution in [3.63, 3.8) is 0 Å². The van der Waals surface area contributed by atoms with E-state index >= 15 is 0 Å². The lowest BCUT2D eigenvalue weighted by atomic mass is 10.1. The van der Waals surface area contributed by atoms with Crippen LogP contribution in [0.25, 0.3) is 0 Å². The van der Waals surface area contributed by atoms with Gasteiger partial charge in [0, 0.05) is 12.7 Å². The Labute approximate surface area is 111 Å². The summed E-state index contributed by atoms with van der Waals surface area (Å²) in [5.41, 5.74) is 0.503. The maximum absolute atomic E-state index is 12.5. The lowest BCUT2D eigenvalue weighted by Gasteiger charge is -2.33. The molecule has 6 nitrogen and oxygen atoms in total. The maximum Gasteiger partial charge on any atom is 0.271 e. The summed E-state index contributed by atoms with van der Waals surface area (Å²) in [6, 6.07) is 2.91. The number of carbonyl (C=O) groups is 3. The van der Waals surface area contributed by atoms with E-state index in [4.69, 9.17) is 0 Å². The number of amides is 3. The van der Waals surface area contributed by atoms with Gasteiger partial charge in [0.15, 0.2) is 0 Å². The highest BCUT2D eigenvalue weighted by atomic mass is 16.2. The predicted molar refractivity (Wildman–Crippen MR) is 68.4 cm³/mol. The number of hydrogen-bond acceptors (Lipinski definition) is 3. The molecule has 1 aromatic heterocycles. The van der Waals surface area contributed by atoms with Gasteiger partial charge in [0.1, 0.15) is 18.3 Å². The van der Waals surface area contributed by atoms with Crippen molar-refractivity contribution >= 4 is 17.7 Å². The number of aryl methyl sites for hydroxylation is 1. The fraction of sp³-hybridized carbons (Fsp3) is 0.462. The van der Waals surface area contributed by atoms with E-state index in [0.717, 1.165) is 0 Å². The second kappa shape index (κ2) is 5.26. The van der Waals surface area contributed by atoms with Crippen molar-refractivity contribution in [2.75, 3.05) is 6.54 Å². The molecule has 1 saturated heterocycles. The average molecular weight is 263 g/mol. The molecule has 0 aliphatic carbocycles. The number of nitrogens with one attached hydrogen (secondary N) is 1. The summed E-state index contributed by atoms with van der Waals surface area (Å²) in [7, 11) is 0. The Bertz CT molecular complexity index is 521. The Balaban J connectivity index is 2.30. The molecule has 0 aromatic carbocycles. The van der Waals surface area contributed by atoms with Gasteiger partial charge in [-0.05, 0) is 25.5 Å². The molecule has 0 saturated carbocycles. The van der Waals surface area contributed by atoms with Gasteiger partial charge in [-0.1, -0.05) is 6.92 Å². The highest BCUT2D eigenvalue weighted by Gasteiger charge is 2.36. The summed E-state index contributed by atoms with van der Waals surface area (Å²) in [4.78, 5) is 37.0. The molecule has 102 valence electrons. The Morgan fingerprint density at radius 1 is 1.42 bits per heavy atom. The van der Waals surface area contributed by atoms with Crippen molar-refractivity contribution in [3.05, 3.63) is 24.0 Å². The lowest BCUT2D eigenvalue weighted by Crippen LogP contribution is -2.59. The number of carbonyl (C=O) groups excluding carboxylic acids is 3. The van der Waals surface area contributed by atoms with Crippen LogP contribution in [0, 0.1) is 0 Å². The summed E-state index contributed by atoms with van der Waals surface area (Å²) >= 11 is 0. The van der Waals surface area contributed by atoms with Crippen LogP contribution < -0.4 is 5.32 Å². The first-order valence-corrected chi connectivity index (χ1v) is 6.38. The molecule has 0 bridgehead atoms. The molecule has 2 heterocycles. The van der Waals surface area contributed by atoms with E-state index in [0.29, 0.717) is 18.7 Å². The fourth-order valence-corrected chi connectivity index (χ4v) is 2.32. The number of hydrogen-bond donors (Lipinski definition) is 1. The van der Waals surface area contributed by atoms with Gasteiger partial charge >= 0.3 is 0 Å². The predicted octanol–water partition coefficient (Wildman–Crippen LogP) is 0.385. The van der Waals surface area contributed by atoms with E-state index in [1.54, 1.807) is 22.9 Å². The number of nitrogens with zero attached hydrogens (tertiary/aromatic N) is 2. The Kier molecular flexibility index (Phi) is 3.69. The monoisotopic (exact) mass is 263 g/mol. The van der Waals surface area contributed by atoms with Crippen molar-refractivity contribution in [2.45, 2.75) is 32.9 Å². The molecule has 3 amide bonds. The zero-order valence-electron chi connectivity index (χ0n) is 11.0. The third kappa shape index (κ3) is 2.38. The minimum atomic E-state index is -0.578. The molecule has 1 aliphatic rings. The normalized spacial score (nSPS) is 19.5. The second-order valence-electron chi connectivity index (χ2n) is 4.45. The second-order valence-corrected chi connectivity index (χ2v) is 4.45. The third-order valence-corrected chi connectivity index (χ3v) is 3.29. The zero-order chi connectivity index (χ0) is 14.0. The highest BCUT2D eigenvalue weighted by molar-refractivity contribution is 6.06. The fourth-order valence-electron chi connectivity index (χ4n) is 2.32. The molecular formula is C13H17N3O3. The van der Waals surface area contributed by atoms with Crippen LogP contribution in [0.1, 0.15) is 30.8 Å². The van der Waals surface area contributed by atoms with Gasteiger partial charge in [-0.15, -0.1) is 0 Å². The molecule has 19 heavy (non-hydrogen) atoms. The van der Waals surface area contributed by atoms with E-state index in [9.17, 15) is 14.4 Å². The standard InChI is InChI=1S/C13H17N3O3/c1-3-9-12(18)14-11(17)8-16(9)13(19)10-6-5-7-15(10)4-2/h5-7,9H,3-4,8H2,1-2H3,(H,14,17,18). The smallest absolute Gasteiger partial charge is 0.271 e. The molecule has 6 heteroatoms. The third-order valence-electron chi connectivity index (χ3n) is 3.29. The summed E-state index contributed by atoms with van der Waals surface area (Å²) in [5.74, 6) is -1.11. The van der Waals surface area contributed by atoms with Crippen LogP contribution in [0.5, 0.6) is 0 Å². The van der Waals surface area contributed by atoms with Gasteiger partial charge in [0.25, 0.3) is 5.91 Å². The summed E-state index contributed by atoms with van der Waals surface area (Å²) in [6.45, 7) is 4.35. The molecule has 1 N–H and O–H groups in total. The van der Waals surface area contributed by atoms with Gasteiger partial charge in [0.05, 0.1) is 0 Å². The van der Waals surface area contributed by atoms with Crippen LogP contribution in [0.15, 0.2) is 18.3 Å². The molecule has 2 rings (SSSR count). The number of rotatable bonds is 3. The van der Waals surface area contributed by atoms with Gasteiger partial charge in [-0.2, -0.15) is 0 Å². The summed E-state index contributed by atoms with van der Waals surface area (Å²) < 4.78 is 1.80.